The van der Waals surface area contributed by atoms with Crippen LogP contribution in [0.5, 0.6) is 0 Å². The molecule has 0 fully saturated rings. The van der Waals surface area contributed by atoms with Crippen LogP contribution in [-0.4, -0.2) is 10.8 Å². The zero-order chi connectivity index (χ0) is 16.2. The van der Waals surface area contributed by atoms with Gasteiger partial charge in [0.05, 0.1) is 23.4 Å². The molecule has 0 unspecified atom stereocenters. The molecule has 0 aliphatic rings. The summed E-state index contributed by atoms with van der Waals surface area (Å²) in [5, 5.41) is 24.0. The highest BCUT2D eigenvalue weighted by Crippen LogP contribution is 2.29. The van der Waals surface area contributed by atoms with Gasteiger partial charge in [0.2, 0.25) is 0 Å². The van der Waals surface area contributed by atoms with Gasteiger partial charge in [-0.2, -0.15) is 21.9 Å². The Bertz CT molecular complexity index is 912. The van der Waals surface area contributed by atoms with E-state index in [1.54, 1.807) is 35.7 Å². The summed E-state index contributed by atoms with van der Waals surface area (Å²) in [7, 11) is 0. The molecule has 0 radical (unpaired) electrons. The van der Waals surface area contributed by atoms with Crippen molar-refractivity contribution >= 4 is 28.5 Å². The lowest BCUT2D eigenvalue weighted by molar-refractivity contribution is 0.0979. The van der Waals surface area contributed by atoms with Crippen molar-refractivity contribution < 1.29 is 4.79 Å². The number of nitriles is 2. The molecule has 0 aliphatic carbocycles. The van der Waals surface area contributed by atoms with Gasteiger partial charge in [-0.05, 0) is 23.6 Å². The van der Waals surface area contributed by atoms with Crippen molar-refractivity contribution in [3.8, 4) is 23.4 Å². The first-order valence-electron chi connectivity index (χ1n) is 6.65. The fraction of sp³-hybridized carbons (Fsp3) is 0.0588. The predicted octanol–water partition coefficient (Wildman–Crippen LogP) is 4.23. The molecule has 3 rings (SSSR count). The first-order chi connectivity index (χ1) is 11.2. The molecule has 0 saturated heterocycles. The second-order valence-electron chi connectivity index (χ2n) is 4.70. The molecule has 1 aromatic carbocycles. The molecule has 110 valence electrons. The number of aromatic nitrogens is 1. The van der Waals surface area contributed by atoms with Crippen molar-refractivity contribution in [2.24, 2.45) is 0 Å². The maximum atomic E-state index is 12.4. The van der Waals surface area contributed by atoms with Gasteiger partial charge in [0, 0.05) is 21.9 Å². The van der Waals surface area contributed by atoms with Gasteiger partial charge < -0.3 is 0 Å². The van der Waals surface area contributed by atoms with E-state index in [1.165, 1.54) is 22.7 Å². The third kappa shape index (κ3) is 3.04. The van der Waals surface area contributed by atoms with E-state index in [2.05, 4.69) is 11.1 Å². The molecule has 6 heteroatoms. The maximum Gasteiger partial charge on any atom is 0.187 e. The van der Waals surface area contributed by atoms with E-state index in [1.807, 2.05) is 16.8 Å². The summed E-state index contributed by atoms with van der Waals surface area (Å²) in [4.78, 5) is 16.8. The van der Waals surface area contributed by atoms with Gasteiger partial charge in [0.15, 0.2) is 11.7 Å². The summed E-state index contributed by atoms with van der Waals surface area (Å²) in [6, 6.07) is 12.9. The lowest BCUT2D eigenvalue weighted by Crippen LogP contribution is -2.10. The Labute approximate surface area is 140 Å². The minimum atomic E-state index is -0.887. The van der Waals surface area contributed by atoms with E-state index in [0.29, 0.717) is 21.8 Å². The molecule has 3 aromatic rings. The number of nitrogens with zero attached hydrogens (tertiary/aromatic N) is 3. The summed E-state index contributed by atoms with van der Waals surface area (Å²) in [5.74, 6) is -1.11. The number of rotatable bonds is 4. The van der Waals surface area contributed by atoms with Crippen molar-refractivity contribution in [3.05, 3.63) is 62.6 Å². The largest absolute Gasteiger partial charge is 0.292 e. The second kappa shape index (κ2) is 6.53. The summed E-state index contributed by atoms with van der Waals surface area (Å²) in [6.45, 7) is 0. The molecule has 0 aliphatic heterocycles. The van der Waals surface area contributed by atoms with Crippen molar-refractivity contribution in [3.63, 3.8) is 0 Å². The van der Waals surface area contributed by atoms with Gasteiger partial charge >= 0.3 is 0 Å². The van der Waals surface area contributed by atoms with Crippen LogP contribution in [0.25, 0.3) is 11.3 Å². The van der Waals surface area contributed by atoms with Crippen molar-refractivity contribution in [2.45, 2.75) is 5.92 Å². The Morgan fingerprint density at radius 2 is 1.91 bits per heavy atom. The second-order valence-corrected chi connectivity index (χ2v) is 6.37. The van der Waals surface area contributed by atoms with E-state index < -0.39 is 5.92 Å². The molecular weight excluding hydrogens is 326 g/mol. The molecule has 2 heterocycles. The topological polar surface area (TPSA) is 77.5 Å². The average molecular weight is 335 g/mol. The van der Waals surface area contributed by atoms with Crippen molar-refractivity contribution in [1.82, 2.24) is 4.98 Å². The van der Waals surface area contributed by atoms with Gasteiger partial charge in [-0.15, -0.1) is 11.3 Å². The average Bonchev–Trinajstić information content (AvgIpc) is 3.27. The van der Waals surface area contributed by atoms with Crippen LogP contribution in [0.2, 0.25) is 0 Å². The van der Waals surface area contributed by atoms with E-state index in [0.717, 1.165) is 5.56 Å². The highest BCUT2D eigenvalue weighted by atomic mass is 32.1. The summed E-state index contributed by atoms with van der Waals surface area (Å²) >= 11 is 2.72. The smallest absolute Gasteiger partial charge is 0.187 e. The Morgan fingerprint density at radius 3 is 2.52 bits per heavy atom. The van der Waals surface area contributed by atoms with Crippen LogP contribution in [0.3, 0.4) is 0 Å². The van der Waals surface area contributed by atoms with Gasteiger partial charge in [0.1, 0.15) is 5.01 Å². The molecule has 2 aromatic heterocycles. The number of benzene rings is 1. The van der Waals surface area contributed by atoms with Crippen molar-refractivity contribution in [2.75, 3.05) is 0 Å². The third-order valence-corrected chi connectivity index (χ3v) is 4.87. The number of Topliss-reactive ketones (excluding diaryl/α,β-unsaturated/α-hetero) is 1. The monoisotopic (exact) mass is 335 g/mol. The lowest BCUT2D eigenvalue weighted by atomic mass is 10.0. The number of carbonyl (C=O) groups is 1. The summed E-state index contributed by atoms with van der Waals surface area (Å²) in [6.07, 6.45) is 0. The Kier molecular flexibility index (Phi) is 4.29. The quantitative estimate of drug-likeness (QED) is 0.668. The minimum Gasteiger partial charge on any atom is -0.292 e. The number of hydrogen-bond donors (Lipinski definition) is 0. The zero-order valence-corrected chi connectivity index (χ0v) is 13.4. The maximum absolute atomic E-state index is 12.4. The van der Waals surface area contributed by atoms with Gasteiger partial charge in [0.25, 0.3) is 0 Å². The van der Waals surface area contributed by atoms with Crippen LogP contribution in [-0.2, 0) is 0 Å². The summed E-state index contributed by atoms with van der Waals surface area (Å²) < 4.78 is 0. The number of thiazole rings is 1. The number of ketones is 1. The molecule has 0 saturated carbocycles. The molecule has 0 spiro atoms. The van der Waals surface area contributed by atoms with E-state index in [-0.39, 0.29) is 5.78 Å². The number of hydrogen-bond acceptors (Lipinski definition) is 6. The van der Waals surface area contributed by atoms with Crippen LogP contribution < -0.4 is 0 Å². The molecule has 1 atom stereocenters. The molecule has 23 heavy (non-hydrogen) atoms. The Morgan fingerprint density at radius 1 is 1.13 bits per heavy atom. The van der Waals surface area contributed by atoms with Gasteiger partial charge in [-0.25, -0.2) is 4.98 Å². The van der Waals surface area contributed by atoms with E-state index >= 15 is 0 Å². The lowest BCUT2D eigenvalue weighted by Gasteiger charge is -2.03. The third-order valence-electron chi connectivity index (χ3n) is 3.28. The Balaban J connectivity index is 1.89. The standard InChI is InChI=1S/C17H9N3OS2/c18-7-11-1-3-12(4-2-11)15-10-23-17(20-15)14(8-19)16(21)13-5-6-22-9-13/h1-6,9-10,14H/t14-/m0/s1. The van der Waals surface area contributed by atoms with Gasteiger partial charge in [-0.1, -0.05) is 12.1 Å². The highest BCUT2D eigenvalue weighted by Gasteiger charge is 2.25. The molecule has 0 N–H and O–H groups in total. The SMILES string of the molecule is N#Cc1ccc(-c2csc([C@@H](C#N)C(=O)c3ccsc3)n2)cc1. The predicted molar refractivity (Wildman–Crippen MR) is 89.3 cm³/mol. The highest BCUT2D eigenvalue weighted by molar-refractivity contribution is 7.10. The molecule has 0 amide bonds. The molecular formula is C17H9N3OS2. The normalized spacial score (nSPS) is 11.4. The minimum absolute atomic E-state index is 0.227. The molecule has 0 bridgehead atoms. The van der Waals surface area contributed by atoms with Crippen LogP contribution in [0.4, 0.5) is 0 Å². The van der Waals surface area contributed by atoms with Crippen LogP contribution in [0, 0.1) is 22.7 Å². The van der Waals surface area contributed by atoms with Crippen LogP contribution in [0.1, 0.15) is 26.8 Å². The fourth-order valence-corrected chi connectivity index (χ4v) is 3.58. The van der Waals surface area contributed by atoms with Crippen LogP contribution >= 0.6 is 22.7 Å². The zero-order valence-electron chi connectivity index (χ0n) is 11.8. The first kappa shape index (κ1) is 15.1. The first-order valence-corrected chi connectivity index (χ1v) is 8.47. The summed E-state index contributed by atoms with van der Waals surface area (Å²) in [5.41, 5.74) is 2.67. The van der Waals surface area contributed by atoms with Crippen molar-refractivity contribution in [1.29, 1.82) is 10.5 Å². The van der Waals surface area contributed by atoms with E-state index in [9.17, 15) is 10.1 Å². The van der Waals surface area contributed by atoms with Gasteiger partial charge in [-0.3, -0.25) is 4.79 Å². The van der Waals surface area contributed by atoms with E-state index in [4.69, 9.17) is 5.26 Å². The number of carbonyl (C=O) groups excluding carboxylic acids is 1. The molecule has 4 nitrogen and oxygen atoms in total. The van der Waals surface area contributed by atoms with Crippen LogP contribution in [0.15, 0.2) is 46.5 Å². The Hall–Kier alpha value is -2.80. The fourth-order valence-electron chi connectivity index (χ4n) is 2.07. The number of thiophene rings is 1.